The first-order valence-electron chi connectivity index (χ1n) is 6.30. The van der Waals surface area contributed by atoms with Crippen LogP contribution in [0.15, 0.2) is 28.7 Å². The molecule has 0 radical (unpaired) electrons. The van der Waals surface area contributed by atoms with E-state index in [0.717, 1.165) is 22.9 Å². The first-order valence-corrected chi connectivity index (χ1v) is 7.10. The molecule has 5 heteroatoms. The van der Waals surface area contributed by atoms with Crippen LogP contribution in [-0.4, -0.2) is 18.0 Å². The second kappa shape index (κ2) is 8.56. The van der Waals surface area contributed by atoms with E-state index in [9.17, 15) is 4.79 Å². The van der Waals surface area contributed by atoms with Gasteiger partial charge in [-0.15, -0.1) is 12.4 Å². The Labute approximate surface area is 129 Å². The third kappa shape index (κ3) is 5.51. The monoisotopic (exact) mass is 348 g/mol. The lowest BCUT2D eigenvalue weighted by Gasteiger charge is -2.31. The van der Waals surface area contributed by atoms with Gasteiger partial charge in [-0.25, -0.2) is 0 Å². The molecule has 108 valence electrons. The predicted octanol–water partition coefficient (Wildman–Crippen LogP) is 3.05. The lowest BCUT2D eigenvalue weighted by atomic mass is 9.92. The normalized spacial score (nSPS) is 10.7. The molecule has 1 rings (SSSR count). The maximum Gasteiger partial charge on any atom is 0.224 e. The highest BCUT2D eigenvalue weighted by atomic mass is 79.9. The van der Waals surface area contributed by atoms with E-state index in [1.165, 1.54) is 0 Å². The van der Waals surface area contributed by atoms with Crippen LogP contribution in [-0.2, 0) is 11.2 Å². The van der Waals surface area contributed by atoms with Crippen LogP contribution in [0.5, 0.6) is 0 Å². The van der Waals surface area contributed by atoms with Crippen LogP contribution in [0.1, 0.15) is 32.3 Å². The fourth-order valence-corrected chi connectivity index (χ4v) is 2.39. The van der Waals surface area contributed by atoms with E-state index in [4.69, 9.17) is 5.73 Å². The van der Waals surface area contributed by atoms with Gasteiger partial charge in [0.1, 0.15) is 0 Å². The molecular formula is C14H22BrClN2O. The summed E-state index contributed by atoms with van der Waals surface area (Å²) in [5.74, 6) is 0.0299. The minimum Gasteiger partial charge on any atom is -0.349 e. The van der Waals surface area contributed by atoms with Crippen molar-refractivity contribution in [1.29, 1.82) is 0 Å². The zero-order valence-electron chi connectivity index (χ0n) is 11.4. The summed E-state index contributed by atoms with van der Waals surface area (Å²) in [4.78, 5) is 12.0. The van der Waals surface area contributed by atoms with E-state index in [1.54, 1.807) is 0 Å². The number of nitrogens with two attached hydrogens (primary N) is 1. The van der Waals surface area contributed by atoms with Crippen LogP contribution in [0.2, 0.25) is 0 Å². The van der Waals surface area contributed by atoms with Gasteiger partial charge < -0.3 is 11.1 Å². The largest absolute Gasteiger partial charge is 0.349 e. The standard InChI is InChI=1S/C14H21BrN2O.ClH/c1-3-14(4-2,10-16)17-13(18)9-11-6-5-7-12(15)8-11;/h5-8H,3-4,9-10,16H2,1-2H3,(H,17,18);1H. The Morgan fingerprint density at radius 1 is 1.37 bits per heavy atom. The van der Waals surface area contributed by atoms with Crippen molar-refractivity contribution >= 4 is 34.2 Å². The molecule has 3 nitrogen and oxygen atoms in total. The summed E-state index contributed by atoms with van der Waals surface area (Å²) in [6, 6.07) is 7.79. The van der Waals surface area contributed by atoms with Gasteiger partial charge >= 0.3 is 0 Å². The quantitative estimate of drug-likeness (QED) is 0.829. The summed E-state index contributed by atoms with van der Waals surface area (Å²) >= 11 is 3.40. The zero-order chi connectivity index (χ0) is 13.6. The molecule has 0 aliphatic heterocycles. The van der Waals surface area contributed by atoms with Gasteiger partial charge in [0.25, 0.3) is 0 Å². The van der Waals surface area contributed by atoms with Gasteiger partial charge in [0.05, 0.1) is 12.0 Å². The van der Waals surface area contributed by atoms with Crippen LogP contribution >= 0.6 is 28.3 Å². The fraction of sp³-hybridized carbons (Fsp3) is 0.500. The Kier molecular flexibility index (Phi) is 8.30. The number of amides is 1. The Balaban J connectivity index is 0.00000324. The van der Waals surface area contributed by atoms with Crippen molar-refractivity contribution in [3.8, 4) is 0 Å². The summed E-state index contributed by atoms with van der Waals surface area (Å²) in [5, 5.41) is 3.07. The zero-order valence-corrected chi connectivity index (χ0v) is 13.8. The van der Waals surface area contributed by atoms with Crippen molar-refractivity contribution in [2.75, 3.05) is 6.54 Å². The Hall–Kier alpha value is -0.580. The number of hydrogen-bond donors (Lipinski definition) is 2. The third-order valence-electron chi connectivity index (χ3n) is 3.40. The second-order valence-corrected chi connectivity index (χ2v) is 5.46. The minimum atomic E-state index is -0.261. The molecular weight excluding hydrogens is 328 g/mol. The highest BCUT2D eigenvalue weighted by Crippen LogP contribution is 2.15. The molecule has 0 bridgehead atoms. The molecule has 1 amide bonds. The lowest BCUT2D eigenvalue weighted by molar-refractivity contribution is -0.122. The number of nitrogens with one attached hydrogen (secondary N) is 1. The Morgan fingerprint density at radius 2 is 2.00 bits per heavy atom. The molecule has 1 aromatic rings. The smallest absolute Gasteiger partial charge is 0.224 e. The van der Waals surface area contributed by atoms with Crippen LogP contribution in [0.25, 0.3) is 0 Å². The summed E-state index contributed by atoms with van der Waals surface area (Å²) < 4.78 is 0.990. The average Bonchev–Trinajstić information content (AvgIpc) is 2.36. The van der Waals surface area contributed by atoms with E-state index >= 15 is 0 Å². The number of benzene rings is 1. The van der Waals surface area contributed by atoms with E-state index in [2.05, 4.69) is 35.1 Å². The van der Waals surface area contributed by atoms with Gasteiger partial charge in [0.15, 0.2) is 0 Å². The maximum atomic E-state index is 12.0. The fourth-order valence-electron chi connectivity index (χ4n) is 1.94. The average molecular weight is 350 g/mol. The minimum absolute atomic E-state index is 0. The first-order chi connectivity index (χ1) is 8.55. The molecule has 0 heterocycles. The Morgan fingerprint density at radius 3 is 2.47 bits per heavy atom. The second-order valence-electron chi connectivity index (χ2n) is 4.55. The maximum absolute atomic E-state index is 12.0. The van der Waals surface area contributed by atoms with Crippen molar-refractivity contribution in [1.82, 2.24) is 5.32 Å². The SMILES string of the molecule is CCC(CC)(CN)NC(=O)Cc1cccc(Br)c1.Cl. The summed E-state index contributed by atoms with van der Waals surface area (Å²) in [7, 11) is 0. The van der Waals surface area contributed by atoms with Crippen molar-refractivity contribution < 1.29 is 4.79 Å². The van der Waals surface area contributed by atoms with Crippen LogP contribution in [0.3, 0.4) is 0 Å². The molecule has 0 fully saturated rings. The van der Waals surface area contributed by atoms with E-state index in [1.807, 2.05) is 24.3 Å². The van der Waals surface area contributed by atoms with Crippen LogP contribution in [0.4, 0.5) is 0 Å². The van der Waals surface area contributed by atoms with E-state index in [-0.39, 0.29) is 23.9 Å². The third-order valence-corrected chi connectivity index (χ3v) is 3.90. The number of halogens is 2. The van der Waals surface area contributed by atoms with E-state index < -0.39 is 0 Å². The summed E-state index contributed by atoms with van der Waals surface area (Å²) in [5.41, 5.74) is 6.51. The van der Waals surface area contributed by atoms with Crippen molar-refractivity contribution in [2.24, 2.45) is 5.73 Å². The topological polar surface area (TPSA) is 55.1 Å². The highest BCUT2D eigenvalue weighted by Gasteiger charge is 2.26. The van der Waals surface area contributed by atoms with Crippen molar-refractivity contribution in [3.05, 3.63) is 34.3 Å². The Bertz CT molecular complexity index is 400. The van der Waals surface area contributed by atoms with E-state index in [0.29, 0.717) is 13.0 Å². The highest BCUT2D eigenvalue weighted by molar-refractivity contribution is 9.10. The molecule has 0 aliphatic rings. The van der Waals surface area contributed by atoms with Crippen molar-refractivity contribution in [2.45, 2.75) is 38.6 Å². The van der Waals surface area contributed by atoms with Crippen molar-refractivity contribution in [3.63, 3.8) is 0 Å². The van der Waals surface area contributed by atoms with Gasteiger partial charge in [-0.05, 0) is 30.5 Å². The van der Waals surface area contributed by atoms with Gasteiger partial charge in [0.2, 0.25) is 5.91 Å². The van der Waals surface area contributed by atoms with Gasteiger partial charge in [-0.3, -0.25) is 4.79 Å². The molecule has 0 spiro atoms. The molecule has 0 saturated carbocycles. The number of hydrogen-bond acceptors (Lipinski definition) is 2. The van der Waals surface area contributed by atoms with Crippen LogP contribution < -0.4 is 11.1 Å². The number of carbonyl (C=O) groups excluding carboxylic acids is 1. The molecule has 0 atom stereocenters. The summed E-state index contributed by atoms with van der Waals surface area (Å²) in [6.45, 7) is 4.58. The predicted molar refractivity (Wildman–Crippen MR) is 85.6 cm³/mol. The molecule has 3 N–H and O–H groups in total. The van der Waals surface area contributed by atoms with Crippen LogP contribution in [0, 0.1) is 0 Å². The number of rotatable bonds is 6. The molecule has 0 aliphatic carbocycles. The van der Waals surface area contributed by atoms with Gasteiger partial charge in [0, 0.05) is 11.0 Å². The van der Waals surface area contributed by atoms with Gasteiger partial charge in [-0.2, -0.15) is 0 Å². The number of carbonyl (C=O) groups is 1. The first kappa shape index (κ1) is 18.4. The molecule has 0 saturated heterocycles. The molecule has 19 heavy (non-hydrogen) atoms. The molecule has 1 aromatic carbocycles. The molecule has 0 unspecified atom stereocenters. The molecule has 0 aromatic heterocycles. The lowest BCUT2D eigenvalue weighted by Crippen LogP contribution is -2.53. The summed E-state index contributed by atoms with van der Waals surface area (Å²) in [6.07, 6.45) is 2.09. The van der Waals surface area contributed by atoms with Gasteiger partial charge in [-0.1, -0.05) is 41.9 Å².